The highest BCUT2D eigenvalue weighted by molar-refractivity contribution is 5.02. The summed E-state index contributed by atoms with van der Waals surface area (Å²) in [5.41, 5.74) is 0. The largest absolute Gasteiger partial charge is 0.360 e. The molecule has 0 radical (unpaired) electrons. The minimum absolute atomic E-state index is 0.311. The first-order valence-corrected chi connectivity index (χ1v) is 4.19. The molecule has 1 aromatic rings. The maximum Gasteiger partial charge on any atom is 0.154 e. The molecule has 0 aromatic carbocycles. The molecule has 1 unspecified atom stereocenters. The highest BCUT2D eigenvalue weighted by Gasteiger charge is 2.20. The third-order valence-electron chi connectivity index (χ3n) is 2.18. The first-order valence-electron chi connectivity index (χ1n) is 4.19. The van der Waals surface area contributed by atoms with E-state index in [4.69, 9.17) is 4.52 Å². The van der Waals surface area contributed by atoms with E-state index in [0.717, 1.165) is 25.4 Å². The maximum atomic E-state index is 5.08. The van der Waals surface area contributed by atoms with Gasteiger partial charge in [-0.15, -0.1) is 0 Å². The van der Waals surface area contributed by atoms with Crippen molar-refractivity contribution in [1.82, 2.24) is 15.4 Å². The van der Waals surface area contributed by atoms with Gasteiger partial charge in [0.15, 0.2) is 5.76 Å². The number of nitrogens with zero attached hydrogens (tertiary/aromatic N) is 2. The third-order valence-corrected chi connectivity index (χ3v) is 2.18. The molecule has 0 bridgehead atoms. The summed E-state index contributed by atoms with van der Waals surface area (Å²) in [6.45, 7) is 3.11. The zero-order chi connectivity index (χ0) is 8.39. The van der Waals surface area contributed by atoms with E-state index in [0.29, 0.717) is 6.04 Å². The van der Waals surface area contributed by atoms with Gasteiger partial charge in [0.1, 0.15) is 0 Å². The molecule has 1 aliphatic rings. The van der Waals surface area contributed by atoms with E-state index in [1.54, 1.807) is 6.20 Å². The molecule has 12 heavy (non-hydrogen) atoms. The van der Waals surface area contributed by atoms with E-state index in [9.17, 15) is 0 Å². The van der Waals surface area contributed by atoms with Crippen LogP contribution in [-0.4, -0.2) is 36.7 Å². The molecule has 1 N–H and O–H groups in total. The molecule has 0 spiro atoms. The Hall–Kier alpha value is -0.870. The molecule has 2 heterocycles. The second-order valence-electron chi connectivity index (χ2n) is 3.18. The highest BCUT2D eigenvalue weighted by Crippen LogP contribution is 2.14. The molecule has 0 saturated carbocycles. The Balaban J connectivity index is 2.04. The second kappa shape index (κ2) is 3.25. The van der Waals surface area contributed by atoms with E-state index in [2.05, 4.69) is 22.4 Å². The first-order chi connectivity index (χ1) is 5.86. The SMILES string of the molecule is CN1CCNC(c2ccno2)C1. The standard InChI is InChI=1S/C8H13N3O/c1-11-5-4-9-7(6-11)8-2-3-10-12-8/h2-3,7,9H,4-6H2,1H3. The van der Waals surface area contributed by atoms with Crippen molar-refractivity contribution in [2.75, 3.05) is 26.7 Å². The second-order valence-corrected chi connectivity index (χ2v) is 3.18. The lowest BCUT2D eigenvalue weighted by Crippen LogP contribution is -2.43. The molecule has 4 heteroatoms. The maximum absolute atomic E-state index is 5.08. The lowest BCUT2D eigenvalue weighted by molar-refractivity contribution is 0.212. The van der Waals surface area contributed by atoms with E-state index in [-0.39, 0.29) is 0 Å². The van der Waals surface area contributed by atoms with Crippen LogP contribution in [0.2, 0.25) is 0 Å². The minimum Gasteiger partial charge on any atom is -0.360 e. The third kappa shape index (κ3) is 1.49. The fourth-order valence-corrected chi connectivity index (χ4v) is 1.49. The number of hydrogen-bond donors (Lipinski definition) is 1. The van der Waals surface area contributed by atoms with Crippen LogP contribution < -0.4 is 5.32 Å². The smallest absolute Gasteiger partial charge is 0.154 e. The van der Waals surface area contributed by atoms with Crippen LogP contribution in [0, 0.1) is 0 Å². The van der Waals surface area contributed by atoms with Crippen LogP contribution in [0.1, 0.15) is 11.8 Å². The number of aromatic nitrogens is 1. The number of hydrogen-bond acceptors (Lipinski definition) is 4. The summed E-state index contributed by atoms with van der Waals surface area (Å²) in [6, 6.07) is 2.22. The number of piperazine rings is 1. The van der Waals surface area contributed by atoms with Crippen LogP contribution in [0.5, 0.6) is 0 Å². The summed E-state index contributed by atoms with van der Waals surface area (Å²) >= 11 is 0. The summed E-state index contributed by atoms with van der Waals surface area (Å²) in [5.74, 6) is 0.932. The zero-order valence-electron chi connectivity index (χ0n) is 7.16. The molecule has 1 aliphatic heterocycles. The van der Waals surface area contributed by atoms with Gasteiger partial charge in [-0.2, -0.15) is 0 Å². The van der Waals surface area contributed by atoms with Gasteiger partial charge in [-0.05, 0) is 7.05 Å². The lowest BCUT2D eigenvalue weighted by Gasteiger charge is -2.29. The van der Waals surface area contributed by atoms with Crippen LogP contribution in [0.15, 0.2) is 16.8 Å². The average Bonchev–Trinajstić information content (AvgIpc) is 2.56. The van der Waals surface area contributed by atoms with Gasteiger partial charge in [0, 0.05) is 25.7 Å². The quantitative estimate of drug-likeness (QED) is 0.651. The highest BCUT2D eigenvalue weighted by atomic mass is 16.5. The molecule has 1 aromatic heterocycles. The Morgan fingerprint density at radius 1 is 1.75 bits per heavy atom. The minimum atomic E-state index is 0.311. The summed E-state index contributed by atoms with van der Waals surface area (Å²) in [5, 5.41) is 7.07. The van der Waals surface area contributed by atoms with Gasteiger partial charge in [0.2, 0.25) is 0 Å². The Bertz CT molecular complexity index is 234. The summed E-state index contributed by atoms with van der Waals surface area (Å²) in [4.78, 5) is 2.28. The Morgan fingerprint density at radius 3 is 3.33 bits per heavy atom. The lowest BCUT2D eigenvalue weighted by atomic mass is 10.2. The van der Waals surface area contributed by atoms with Gasteiger partial charge in [-0.25, -0.2) is 0 Å². The molecule has 1 saturated heterocycles. The molecular formula is C8H13N3O. The number of nitrogens with one attached hydrogen (secondary N) is 1. The van der Waals surface area contributed by atoms with E-state index >= 15 is 0 Å². The predicted octanol–water partition coefficient (Wildman–Crippen LogP) is 0.251. The van der Waals surface area contributed by atoms with Gasteiger partial charge < -0.3 is 14.7 Å². The molecule has 0 amide bonds. The van der Waals surface area contributed by atoms with Crippen molar-refractivity contribution in [2.45, 2.75) is 6.04 Å². The van der Waals surface area contributed by atoms with Gasteiger partial charge in [-0.1, -0.05) is 5.16 Å². The van der Waals surface area contributed by atoms with Crippen LogP contribution in [-0.2, 0) is 0 Å². The fourth-order valence-electron chi connectivity index (χ4n) is 1.49. The van der Waals surface area contributed by atoms with Crippen molar-refractivity contribution in [3.05, 3.63) is 18.0 Å². The normalized spacial score (nSPS) is 25.9. The topological polar surface area (TPSA) is 41.3 Å². The van der Waals surface area contributed by atoms with Crippen LogP contribution in [0.4, 0.5) is 0 Å². The summed E-state index contributed by atoms with van der Waals surface area (Å²) in [7, 11) is 2.12. The van der Waals surface area contributed by atoms with Crippen LogP contribution in [0.25, 0.3) is 0 Å². The molecular weight excluding hydrogens is 154 g/mol. The summed E-state index contributed by atoms with van der Waals surface area (Å²) < 4.78 is 5.08. The van der Waals surface area contributed by atoms with Crippen molar-refractivity contribution >= 4 is 0 Å². The van der Waals surface area contributed by atoms with Crippen molar-refractivity contribution in [3.8, 4) is 0 Å². The van der Waals surface area contributed by atoms with Gasteiger partial charge in [0.05, 0.1) is 12.2 Å². The molecule has 4 nitrogen and oxygen atoms in total. The Morgan fingerprint density at radius 2 is 2.67 bits per heavy atom. The van der Waals surface area contributed by atoms with Gasteiger partial charge >= 0.3 is 0 Å². The van der Waals surface area contributed by atoms with Crippen molar-refractivity contribution in [3.63, 3.8) is 0 Å². The Kier molecular flexibility index (Phi) is 2.10. The van der Waals surface area contributed by atoms with Gasteiger partial charge in [-0.3, -0.25) is 0 Å². The predicted molar refractivity (Wildman–Crippen MR) is 44.7 cm³/mol. The Labute approximate surface area is 71.5 Å². The molecule has 66 valence electrons. The van der Waals surface area contributed by atoms with E-state index < -0.39 is 0 Å². The van der Waals surface area contributed by atoms with Crippen LogP contribution >= 0.6 is 0 Å². The first kappa shape index (κ1) is 7.76. The van der Waals surface area contributed by atoms with Crippen molar-refractivity contribution in [2.24, 2.45) is 0 Å². The number of rotatable bonds is 1. The van der Waals surface area contributed by atoms with Gasteiger partial charge in [0.25, 0.3) is 0 Å². The van der Waals surface area contributed by atoms with Crippen molar-refractivity contribution in [1.29, 1.82) is 0 Å². The average molecular weight is 167 g/mol. The fraction of sp³-hybridized carbons (Fsp3) is 0.625. The van der Waals surface area contributed by atoms with E-state index in [1.165, 1.54) is 0 Å². The molecule has 1 atom stereocenters. The molecule has 0 aliphatic carbocycles. The van der Waals surface area contributed by atoms with Crippen molar-refractivity contribution < 1.29 is 4.52 Å². The monoisotopic (exact) mass is 167 g/mol. The number of likely N-dealkylation sites (N-methyl/N-ethyl adjacent to an activating group) is 1. The molecule has 2 rings (SSSR count). The molecule has 1 fully saturated rings. The van der Waals surface area contributed by atoms with E-state index in [1.807, 2.05) is 6.07 Å². The zero-order valence-corrected chi connectivity index (χ0v) is 7.16. The summed E-state index contributed by atoms with van der Waals surface area (Å²) in [6.07, 6.45) is 1.69. The van der Waals surface area contributed by atoms with Crippen LogP contribution in [0.3, 0.4) is 0 Å².